The van der Waals surface area contributed by atoms with Crippen LogP contribution < -0.4 is 15.5 Å². The van der Waals surface area contributed by atoms with Gasteiger partial charge in [0.05, 0.1) is 0 Å². The molecule has 23 heavy (non-hydrogen) atoms. The van der Waals surface area contributed by atoms with E-state index in [0.717, 1.165) is 25.1 Å². The number of urea groups is 1. The monoisotopic (exact) mass is 329 g/mol. The summed E-state index contributed by atoms with van der Waals surface area (Å²) in [6.45, 7) is 2.23. The molecule has 1 aliphatic rings. The predicted molar refractivity (Wildman–Crippen MR) is 93.9 cm³/mol. The van der Waals surface area contributed by atoms with Crippen LogP contribution in [0.4, 0.5) is 10.5 Å². The zero-order valence-corrected chi connectivity index (χ0v) is 13.6. The molecular weight excluding hydrogens is 310 g/mol. The summed E-state index contributed by atoms with van der Waals surface area (Å²) in [5.74, 6) is 0. The summed E-state index contributed by atoms with van der Waals surface area (Å²) < 4.78 is 0. The molecule has 1 aliphatic heterocycles. The number of para-hydroxylation sites is 1. The highest BCUT2D eigenvalue weighted by Crippen LogP contribution is 2.19. The molecule has 0 radical (unpaired) electrons. The van der Waals surface area contributed by atoms with Crippen LogP contribution in [-0.2, 0) is 6.54 Å². The summed E-state index contributed by atoms with van der Waals surface area (Å²) in [6.07, 6.45) is 0.953. The second-order valence-corrected chi connectivity index (χ2v) is 6.09. The molecule has 2 aromatic rings. The summed E-state index contributed by atoms with van der Waals surface area (Å²) in [5, 5.41) is 6.57. The van der Waals surface area contributed by atoms with E-state index in [4.69, 9.17) is 11.6 Å². The second-order valence-electron chi connectivity index (χ2n) is 5.69. The summed E-state index contributed by atoms with van der Waals surface area (Å²) in [7, 11) is 0. The molecule has 0 aromatic heterocycles. The van der Waals surface area contributed by atoms with Gasteiger partial charge in [0.15, 0.2) is 0 Å². The van der Waals surface area contributed by atoms with Crippen LogP contribution in [0.25, 0.3) is 0 Å². The third-order valence-corrected chi connectivity index (χ3v) is 4.41. The molecule has 1 heterocycles. The van der Waals surface area contributed by atoms with Crippen LogP contribution in [0.5, 0.6) is 0 Å². The Labute approximate surface area is 141 Å². The Morgan fingerprint density at radius 3 is 2.65 bits per heavy atom. The molecule has 4 nitrogen and oxygen atoms in total. The van der Waals surface area contributed by atoms with Crippen molar-refractivity contribution >= 4 is 23.3 Å². The molecule has 1 fully saturated rings. The number of benzene rings is 2. The number of carbonyl (C=O) groups is 1. The van der Waals surface area contributed by atoms with Crippen molar-refractivity contribution in [1.29, 1.82) is 0 Å². The van der Waals surface area contributed by atoms with E-state index in [2.05, 4.69) is 27.7 Å². The van der Waals surface area contributed by atoms with Gasteiger partial charge in [-0.1, -0.05) is 48.0 Å². The normalized spacial score (nSPS) is 17.1. The molecule has 2 aromatic carbocycles. The maximum absolute atomic E-state index is 12.0. The van der Waals surface area contributed by atoms with Crippen molar-refractivity contribution in [2.45, 2.75) is 19.0 Å². The number of anilines is 1. The SMILES string of the molecule is O=C(NCc1ccccc1Cl)NC1CCN(c2ccccc2)C1. The molecule has 2 N–H and O–H groups in total. The Hall–Kier alpha value is -2.20. The molecule has 1 unspecified atom stereocenters. The minimum Gasteiger partial charge on any atom is -0.369 e. The highest BCUT2D eigenvalue weighted by molar-refractivity contribution is 6.31. The fourth-order valence-corrected chi connectivity index (χ4v) is 3.01. The number of nitrogens with one attached hydrogen (secondary N) is 2. The summed E-state index contributed by atoms with van der Waals surface area (Å²) in [5.41, 5.74) is 2.12. The lowest BCUT2D eigenvalue weighted by molar-refractivity contribution is 0.237. The van der Waals surface area contributed by atoms with Crippen molar-refractivity contribution in [2.24, 2.45) is 0 Å². The molecule has 1 atom stereocenters. The maximum Gasteiger partial charge on any atom is 0.315 e. The Kier molecular flexibility index (Phi) is 5.03. The molecule has 120 valence electrons. The number of nitrogens with zero attached hydrogens (tertiary/aromatic N) is 1. The van der Waals surface area contributed by atoms with Crippen molar-refractivity contribution in [3.05, 3.63) is 65.2 Å². The van der Waals surface area contributed by atoms with Gasteiger partial charge in [0, 0.05) is 36.4 Å². The van der Waals surface area contributed by atoms with Gasteiger partial charge < -0.3 is 15.5 Å². The summed E-state index contributed by atoms with van der Waals surface area (Å²) in [6, 6.07) is 17.8. The average Bonchev–Trinajstić information content (AvgIpc) is 3.03. The smallest absolute Gasteiger partial charge is 0.315 e. The van der Waals surface area contributed by atoms with E-state index in [0.29, 0.717) is 11.6 Å². The van der Waals surface area contributed by atoms with Crippen LogP contribution in [0.1, 0.15) is 12.0 Å². The number of hydrogen-bond donors (Lipinski definition) is 2. The van der Waals surface area contributed by atoms with E-state index in [9.17, 15) is 4.79 Å². The van der Waals surface area contributed by atoms with Gasteiger partial charge in [-0.2, -0.15) is 0 Å². The van der Waals surface area contributed by atoms with Crippen molar-refractivity contribution in [2.75, 3.05) is 18.0 Å². The highest BCUT2D eigenvalue weighted by Gasteiger charge is 2.23. The highest BCUT2D eigenvalue weighted by atomic mass is 35.5. The van der Waals surface area contributed by atoms with E-state index in [-0.39, 0.29) is 12.1 Å². The molecule has 0 bridgehead atoms. The van der Waals surface area contributed by atoms with Gasteiger partial charge in [0.2, 0.25) is 0 Å². The van der Waals surface area contributed by atoms with Crippen molar-refractivity contribution < 1.29 is 4.79 Å². The Balaban J connectivity index is 1.47. The number of rotatable bonds is 4. The first-order valence-corrected chi connectivity index (χ1v) is 8.18. The Morgan fingerprint density at radius 1 is 1.13 bits per heavy atom. The van der Waals surface area contributed by atoms with Gasteiger partial charge in [-0.25, -0.2) is 4.79 Å². The van der Waals surface area contributed by atoms with Crippen LogP contribution in [0.2, 0.25) is 5.02 Å². The zero-order chi connectivity index (χ0) is 16.1. The Morgan fingerprint density at radius 2 is 1.87 bits per heavy atom. The first kappa shape index (κ1) is 15.7. The first-order valence-electron chi connectivity index (χ1n) is 7.80. The van der Waals surface area contributed by atoms with Crippen molar-refractivity contribution in [3.8, 4) is 0 Å². The molecule has 3 rings (SSSR count). The van der Waals surface area contributed by atoms with Gasteiger partial charge in [0.1, 0.15) is 0 Å². The molecule has 0 saturated carbocycles. The molecule has 0 spiro atoms. The van der Waals surface area contributed by atoms with Crippen LogP contribution >= 0.6 is 11.6 Å². The lowest BCUT2D eigenvalue weighted by Gasteiger charge is -2.19. The third-order valence-electron chi connectivity index (χ3n) is 4.04. The standard InChI is InChI=1S/C18H20ClN3O/c19-17-9-5-4-6-14(17)12-20-18(23)21-15-10-11-22(13-15)16-7-2-1-3-8-16/h1-9,15H,10-13H2,(H2,20,21,23). The van der Waals surface area contributed by atoms with E-state index >= 15 is 0 Å². The topological polar surface area (TPSA) is 44.4 Å². The minimum atomic E-state index is -0.148. The van der Waals surface area contributed by atoms with Crippen LogP contribution in [0.3, 0.4) is 0 Å². The Bertz CT molecular complexity index is 662. The van der Waals surface area contributed by atoms with Crippen LogP contribution in [0.15, 0.2) is 54.6 Å². The van der Waals surface area contributed by atoms with Gasteiger partial charge in [-0.15, -0.1) is 0 Å². The predicted octanol–water partition coefficient (Wildman–Crippen LogP) is 3.42. The van der Waals surface area contributed by atoms with Crippen molar-refractivity contribution in [1.82, 2.24) is 10.6 Å². The molecule has 0 aliphatic carbocycles. The quantitative estimate of drug-likeness (QED) is 0.902. The molecule has 2 amide bonds. The first-order chi connectivity index (χ1) is 11.2. The van der Waals surface area contributed by atoms with Crippen LogP contribution in [0, 0.1) is 0 Å². The van der Waals surface area contributed by atoms with Crippen molar-refractivity contribution in [3.63, 3.8) is 0 Å². The van der Waals surface area contributed by atoms with E-state index in [1.165, 1.54) is 5.69 Å². The lowest BCUT2D eigenvalue weighted by Crippen LogP contribution is -2.43. The number of hydrogen-bond acceptors (Lipinski definition) is 2. The van der Waals surface area contributed by atoms with Gasteiger partial charge in [0.25, 0.3) is 0 Å². The van der Waals surface area contributed by atoms with E-state index in [1.54, 1.807) is 0 Å². The second kappa shape index (κ2) is 7.38. The third kappa shape index (κ3) is 4.17. The zero-order valence-electron chi connectivity index (χ0n) is 12.8. The fraction of sp³-hybridized carbons (Fsp3) is 0.278. The van der Waals surface area contributed by atoms with Gasteiger partial charge in [-0.05, 0) is 30.2 Å². The number of halogens is 1. The molecule has 5 heteroatoms. The molecular formula is C18H20ClN3O. The average molecular weight is 330 g/mol. The minimum absolute atomic E-state index is 0.148. The van der Waals surface area contributed by atoms with Gasteiger partial charge >= 0.3 is 6.03 Å². The van der Waals surface area contributed by atoms with E-state index < -0.39 is 0 Å². The van der Waals surface area contributed by atoms with E-state index in [1.807, 2.05) is 42.5 Å². The number of amides is 2. The number of carbonyl (C=O) groups excluding carboxylic acids is 1. The maximum atomic E-state index is 12.0. The summed E-state index contributed by atoms with van der Waals surface area (Å²) >= 11 is 6.09. The fourth-order valence-electron chi connectivity index (χ4n) is 2.81. The van der Waals surface area contributed by atoms with Gasteiger partial charge in [-0.3, -0.25) is 0 Å². The molecule has 1 saturated heterocycles. The van der Waals surface area contributed by atoms with Crippen LogP contribution in [-0.4, -0.2) is 25.2 Å². The largest absolute Gasteiger partial charge is 0.369 e. The summed E-state index contributed by atoms with van der Waals surface area (Å²) in [4.78, 5) is 14.3. The lowest BCUT2D eigenvalue weighted by atomic mass is 10.2.